The second-order valence-electron chi connectivity index (χ2n) is 6.19. The summed E-state index contributed by atoms with van der Waals surface area (Å²) >= 11 is 3.45. The molecular weight excluding hydrogens is 360 g/mol. The topological polar surface area (TPSA) is 66.8 Å². The molecule has 0 bridgehead atoms. The van der Waals surface area contributed by atoms with Gasteiger partial charge in [-0.3, -0.25) is 4.79 Å². The molecule has 23 heavy (non-hydrogen) atoms. The molecule has 2 aliphatic rings. The van der Waals surface area contributed by atoms with E-state index < -0.39 is 0 Å². The minimum absolute atomic E-state index is 0.0493. The number of fused-ring (bicyclic) bond motifs is 3. The first-order valence-electron chi connectivity index (χ1n) is 7.52. The first-order valence-corrected chi connectivity index (χ1v) is 8.32. The van der Waals surface area contributed by atoms with Crippen LogP contribution in [0.15, 0.2) is 40.9 Å². The lowest BCUT2D eigenvalue weighted by molar-refractivity contribution is -0.117. The molecule has 1 aliphatic heterocycles. The van der Waals surface area contributed by atoms with Crippen molar-refractivity contribution < 1.29 is 19.7 Å². The van der Waals surface area contributed by atoms with E-state index in [-0.39, 0.29) is 35.2 Å². The molecule has 1 aliphatic carbocycles. The van der Waals surface area contributed by atoms with Crippen molar-refractivity contribution in [2.24, 2.45) is 5.92 Å². The monoisotopic (exact) mass is 374 g/mol. The predicted molar refractivity (Wildman–Crippen MR) is 87.8 cm³/mol. The third-order valence-corrected chi connectivity index (χ3v) is 5.33. The van der Waals surface area contributed by atoms with Gasteiger partial charge >= 0.3 is 0 Å². The van der Waals surface area contributed by atoms with E-state index in [1.54, 1.807) is 24.3 Å². The van der Waals surface area contributed by atoms with E-state index in [4.69, 9.17) is 4.74 Å². The maximum atomic E-state index is 12.1. The molecule has 0 amide bonds. The van der Waals surface area contributed by atoms with E-state index in [9.17, 15) is 15.0 Å². The molecule has 4 rings (SSSR count). The molecule has 2 N–H and O–H groups in total. The second-order valence-corrected chi connectivity index (χ2v) is 7.05. The minimum Gasteiger partial charge on any atom is -0.508 e. The van der Waals surface area contributed by atoms with Gasteiger partial charge in [-0.15, -0.1) is 0 Å². The molecule has 0 aromatic heterocycles. The summed E-state index contributed by atoms with van der Waals surface area (Å²) in [5.41, 5.74) is 1.83. The van der Waals surface area contributed by atoms with Crippen molar-refractivity contribution in [3.63, 3.8) is 0 Å². The Labute approximate surface area is 141 Å². The van der Waals surface area contributed by atoms with E-state index in [1.807, 2.05) is 12.1 Å². The zero-order valence-corrected chi connectivity index (χ0v) is 13.8. The Morgan fingerprint density at radius 1 is 1.04 bits per heavy atom. The highest BCUT2D eigenvalue weighted by Crippen LogP contribution is 2.55. The Morgan fingerprint density at radius 2 is 1.78 bits per heavy atom. The molecule has 3 unspecified atom stereocenters. The van der Waals surface area contributed by atoms with Crippen molar-refractivity contribution >= 4 is 21.7 Å². The molecular formula is C18H15BrO4. The number of Topliss-reactive ketones (excluding diaryl/α,β-unsaturated/α-hetero) is 1. The SMILES string of the molecule is O=C1CC2c3cc(O)cc(Br)c3OC(c3ccc(O)cc3)C2C1. The number of ketones is 1. The summed E-state index contributed by atoms with van der Waals surface area (Å²) < 4.78 is 6.90. The van der Waals surface area contributed by atoms with Crippen LogP contribution in [0.25, 0.3) is 0 Å². The standard InChI is InChI=1S/C18H15BrO4/c19-16-8-12(22)7-15-13-5-11(21)6-14(13)17(23-18(15)16)9-1-3-10(20)4-2-9/h1-4,7-8,13-14,17,20,22H,5-6H2. The fourth-order valence-corrected chi connectivity index (χ4v) is 4.29. The molecule has 0 spiro atoms. The maximum absolute atomic E-state index is 12.1. The predicted octanol–water partition coefficient (Wildman–Crippen LogP) is 4.06. The number of phenols is 2. The van der Waals surface area contributed by atoms with Crippen LogP contribution in [0, 0.1) is 5.92 Å². The first kappa shape index (κ1) is 14.6. The van der Waals surface area contributed by atoms with Crippen LogP contribution in [0.2, 0.25) is 0 Å². The highest BCUT2D eigenvalue weighted by Gasteiger charge is 2.46. The van der Waals surface area contributed by atoms with Crippen LogP contribution in [0.1, 0.15) is 36.0 Å². The summed E-state index contributed by atoms with van der Waals surface area (Å²) in [4.78, 5) is 12.1. The van der Waals surface area contributed by atoms with Gasteiger partial charge in [-0.1, -0.05) is 12.1 Å². The fraction of sp³-hybridized carbons (Fsp3) is 0.278. The third-order valence-electron chi connectivity index (χ3n) is 4.74. The van der Waals surface area contributed by atoms with Gasteiger partial charge < -0.3 is 14.9 Å². The number of carbonyl (C=O) groups excluding carboxylic acids is 1. The zero-order valence-electron chi connectivity index (χ0n) is 12.2. The Hall–Kier alpha value is -2.01. The van der Waals surface area contributed by atoms with Crippen LogP contribution >= 0.6 is 15.9 Å². The van der Waals surface area contributed by atoms with Gasteiger partial charge in [0.1, 0.15) is 29.1 Å². The molecule has 1 fully saturated rings. The van der Waals surface area contributed by atoms with E-state index >= 15 is 0 Å². The quantitative estimate of drug-likeness (QED) is 0.789. The molecule has 2 aromatic carbocycles. The lowest BCUT2D eigenvalue weighted by Gasteiger charge is -2.36. The van der Waals surface area contributed by atoms with E-state index in [1.165, 1.54) is 0 Å². The molecule has 4 nitrogen and oxygen atoms in total. The van der Waals surface area contributed by atoms with Crippen LogP contribution in [0.3, 0.4) is 0 Å². The van der Waals surface area contributed by atoms with Crippen LogP contribution in [0.4, 0.5) is 0 Å². The summed E-state index contributed by atoms with van der Waals surface area (Å²) in [6, 6.07) is 10.2. The summed E-state index contributed by atoms with van der Waals surface area (Å²) in [6.07, 6.45) is 0.717. The van der Waals surface area contributed by atoms with Gasteiger partial charge in [0.25, 0.3) is 0 Å². The van der Waals surface area contributed by atoms with Gasteiger partial charge in [0.15, 0.2) is 0 Å². The lowest BCUT2D eigenvalue weighted by Crippen LogP contribution is -2.27. The summed E-state index contributed by atoms with van der Waals surface area (Å²) in [5.74, 6) is 1.38. The molecule has 1 saturated carbocycles. The number of rotatable bonds is 1. The van der Waals surface area contributed by atoms with Crippen LogP contribution in [0.5, 0.6) is 17.2 Å². The lowest BCUT2D eigenvalue weighted by atomic mass is 9.80. The maximum Gasteiger partial charge on any atom is 0.138 e. The van der Waals surface area contributed by atoms with E-state index in [0.29, 0.717) is 23.1 Å². The average Bonchev–Trinajstić information content (AvgIpc) is 2.89. The summed E-state index contributed by atoms with van der Waals surface area (Å²) in [5, 5.41) is 19.4. The summed E-state index contributed by atoms with van der Waals surface area (Å²) in [7, 11) is 0. The van der Waals surface area contributed by atoms with Crippen molar-refractivity contribution in [3.8, 4) is 17.2 Å². The van der Waals surface area contributed by atoms with Gasteiger partial charge in [0.05, 0.1) is 4.47 Å². The van der Waals surface area contributed by atoms with Crippen molar-refractivity contribution in [1.29, 1.82) is 0 Å². The number of hydrogen-bond donors (Lipinski definition) is 2. The Balaban J connectivity index is 1.83. The van der Waals surface area contributed by atoms with Gasteiger partial charge in [-0.2, -0.15) is 0 Å². The van der Waals surface area contributed by atoms with Crippen molar-refractivity contribution in [2.45, 2.75) is 24.9 Å². The molecule has 2 aromatic rings. The number of carbonyl (C=O) groups is 1. The largest absolute Gasteiger partial charge is 0.508 e. The van der Waals surface area contributed by atoms with Crippen molar-refractivity contribution in [3.05, 3.63) is 52.0 Å². The Morgan fingerprint density at radius 3 is 2.52 bits per heavy atom. The van der Waals surface area contributed by atoms with Gasteiger partial charge in [0.2, 0.25) is 0 Å². The Kier molecular flexibility index (Phi) is 3.34. The van der Waals surface area contributed by atoms with Gasteiger partial charge in [-0.25, -0.2) is 0 Å². The summed E-state index contributed by atoms with van der Waals surface area (Å²) in [6.45, 7) is 0. The number of ether oxygens (including phenoxy) is 1. The number of aromatic hydroxyl groups is 2. The number of benzene rings is 2. The molecule has 3 atom stereocenters. The van der Waals surface area contributed by atoms with Crippen molar-refractivity contribution in [1.82, 2.24) is 0 Å². The third kappa shape index (κ3) is 2.39. The van der Waals surface area contributed by atoms with Crippen molar-refractivity contribution in [2.75, 3.05) is 0 Å². The molecule has 0 radical (unpaired) electrons. The first-order chi connectivity index (χ1) is 11.0. The minimum atomic E-state index is -0.236. The molecule has 1 heterocycles. The normalized spacial score (nSPS) is 25.6. The number of phenolic OH excluding ortho intramolecular Hbond substituents is 2. The number of hydrogen-bond acceptors (Lipinski definition) is 4. The van der Waals surface area contributed by atoms with E-state index in [0.717, 1.165) is 11.1 Å². The molecule has 5 heteroatoms. The molecule has 118 valence electrons. The highest BCUT2D eigenvalue weighted by atomic mass is 79.9. The van der Waals surface area contributed by atoms with Crippen LogP contribution in [-0.2, 0) is 4.79 Å². The Bertz CT molecular complexity index is 784. The number of halogens is 1. The van der Waals surface area contributed by atoms with Gasteiger partial charge in [0, 0.05) is 30.2 Å². The van der Waals surface area contributed by atoms with Gasteiger partial charge in [-0.05, 0) is 45.8 Å². The van der Waals surface area contributed by atoms with Crippen LogP contribution < -0.4 is 4.74 Å². The zero-order chi connectivity index (χ0) is 16.1. The average molecular weight is 375 g/mol. The molecule has 0 saturated heterocycles. The smallest absolute Gasteiger partial charge is 0.138 e. The van der Waals surface area contributed by atoms with E-state index in [2.05, 4.69) is 15.9 Å². The second kappa shape index (κ2) is 5.27. The highest BCUT2D eigenvalue weighted by molar-refractivity contribution is 9.10. The fourth-order valence-electron chi connectivity index (χ4n) is 3.74. The van der Waals surface area contributed by atoms with Crippen LogP contribution in [-0.4, -0.2) is 16.0 Å².